The predicted molar refractivity (Wildman–Crippen MR) is 76.3 cm³/mol. The summed E-state index contributed by atoms with van der Waals surface area (Å²) in [4.78, 5) is 0. The maximum absolute atomic E-state index is 9.33. The number of benzene rings is 1. The molecule has 1 aromatic carbocycles. The zero-order valence-corrected chi connectivity index (χ0v) is 11.5. The summed E-state index contributed by atoms with van der Waals surface area (Å²) in [5.41, 5.74) is 3.79. The standard InChI is InChI=1S/C16H18N2O2/c1-2-6-13-16-14(17-19)9-12(10-15(16)20-18-13)11-7-4-3-5-8-11/h3-5,7-8,12,19H,2,6,9-10H2,1H3/b17-14-/t12-/m1/s1. The number of nitrogens with zero attached hydrogens (tertiary/aromatic N) is 2. The Hall–Kier alpha value is -2.10. The van der Waals surface area contributed by atoms with E-state index in [1.54, 1.807) is 0 Å². The summed E-state index contributed by atoms with van der Waals surface area (Å²) in [7, 11) is 0. The molecule has 104 valence electrons. The van der Waals surface area contributed by atoms with Crippen LogP contribution in [-0.2, 0) is 12.8 Å². The number of aryl methyl sites for hydroxylation is 1. The van der Waals surface area contributed by atoms with Crippen LogP contribution in [0.4, 0.5) is 0 Å². The molecule has 1 aromatic heterocycles. The van der Waals surface area contributed by atoms with Gasteiger partial charge in [0.05, 0.1) is 17.0 Å². The Bertz CT molecular complexity index is 617. The van der Waals surface area contributed by atoms with Gasteiger partial charge in [0.2, 0.25) is 0 Å². The number of aromatic nitrogens is 1. The van der Waals surface area contributed by atoms with Crippen molar-refractivity contribution in [3.05, 3.63) is 52.9 Å². The van der Waals surface area contributed by atoms with E-state index >= 15 is 0 Å². The van der Waals surface area contributed by atoms with Crippen LogP contribution in [0.5, 0.6) is 0 Å². The molecule has 1 heterocycles. The maximum atomic E-state index is 9.33. The molecule has 0 spiro atoms. The first-order valence-corrected chi connectivity index (χ1v) is 7.07. The Labute approximate surface area is 118 Å². The first-order chi connectivity index (χ1) is 9.83. The fourth-order valence-electron chi connectivity index (χ4n) is 2.92. The van der Waals surface area contributed by atoms with Crippen molar-refractivity contribution < 1.29 is 9.73 Å². The lowest BCUT2D eigenvalue weighted by Gasteiger charge is -2.22. The molecule has 2 aromatic rings. The third-order valence-electron chi connectivity index (χ3n) is 3.87. The van der Waals surface area contributed by atoms with Crippen molar-refractivity contribution in [3.63, 3.8) is 0 Å². The normalized spacial score (nSPS) is 20.1. The van der Waals surface area contributed by atoms with E-state index in [4.69, 9.17) is 4.52 Å². The van der Waals surface area contributed by atoms with E-state index in [2.05, 4.69) is 29.4 Å². The van der Waals surface area contributed by atoms with Crippen LogP contribution in [0.3, 0.4) is 0 Å². The van der Waals surface area contributed by atoms with Gasteiger partial charge in [-0.05, 0) is 17.9 Å². The molecule has 0 amide bonds. The Morgan fingerprint density at radius 2 is 2.10 bits per heavy atom. The average Bonchev–Trinajstić information content (AvgIpc) is 2.91. The second-order valence-electron chi connectivity index (χ2n) is 5.24. The van der Waals surface area contributed by atoms with E-state index in [0.717, 1.165) is 42.7 Å². The van der Waals surface area contributed by atoms with Crippen LogP contribution < -0.4 is 0 Å². The molecule has 0 unspecified atom stereocenters. The Morgan fingerprint density at radius 3 is 2.80 bits per heavy atom. The molecule has 0 fully saturated rings. The summed E-state index contributed by atoms with van der Waals surface area (Å²) in [6.07, 6.45) is 3.40. The van der Waals surface area contributed by atoms with Gasteiger partial charge < -0.3 is 9.73 Å². The van der Waals surface area contributed by atoms with Crippen LogP contribution >= 0.6 is 0 Å². The fraction of sp³-hybridized carbons (Fsp3) is 0.375. The highest BCUT2D eigenvalue weighted by atomic mass is 16.5. The molecule has 20 heavy (non-hydrogen) atoms. The number of hydrogen-bond donors (Lipinski definition) is 1. The molecule has 1 aliphatic carbocycles. The number of hydrogen-bond acceptors (Lipinski definition) is 4. The van der Waals surface area contributed by atoms with E-state index in [0.29, 0.717) is 5.71 Å². The summed E-state index contributed by atoms with van der Waals surface area (Å²) < 4.78 is 5.48. The zero-order chi connectivity index (χ0) is 13.9. The lowest BCUT2D eigenvalue weighted by Crippen LogP contribution is -2.19. The van der Waals surface area contributed by atoms with Crippen molar-refractivity contribution in [2.75, 3.05) is 0 Å². The lowest BCUT2D eigenvalue weighted by atomic mass is 9.81. The van der Waals surface area contributed by atoms with Gasteiger partial charge in [0, 0.05) is 12.8 Å². The topological polar surface area (TPSA) is 58.6 Å². The summed E-state index contributed by atoms with van der Waals surface area (Å²) >= 11 is 0. The second-order valence-corrected chi connectivity index (χ2v) is 5.24. The molecule has 1 atom stereocenters. The van der Waals surface area contributed by atoms with Crippen molar-refractivity contribution in [2.24, 2.45) is 5.16 Å². The third kappa shape index (κ3) is 2.22. The predicted octanol–water partition coefficient (Wildman–Crippen LogP) is 3.54. The van der Waals surface area contributed by atoms with E-state index in [9.17, 15) is 5.21 Å². The van der Waals surface area contributed by atoms with Crippen LogP contribution in [-0.4, -0.2) is 16.1 Å². The monoisotopic (exact) mass is 270 g/mol. The van der Waals surface area contributed by atoms with Crippen LogP contribution in [0.25, 0.3) is 0 Å². The maximum Gasteiger partial charge on any atom is 0.146 e. The minimum absolute atomic E-state index is 0.289. The molecular weight excluding hydrogens is 252 g/mol. The van der Waals surface area contributed by atoms with Crippen molar-refractivity contribution in [1.82, 2.24) is 5.16 Å². The van der Waals surface area contributed by atoms with E-state index in [1.807, 2.05) is 18.2 Å². The Morgan fingerprint density at radius 1 is 1.30 bits per heavy atom. The van der Waals surface area contributed by atoms with E-state index < -0.39 is 0 Å². The second kappa shape index (κ2) is 5.49. The minimum atomic E-state index is 0.289. The van der Waals surface area contributed by atoms with Crippen molar-refractivity contribution in [2.45, 2.75) is 38.5 Å². The molecular formula is C16H18N2O2. The fourth-order valence-corrected chi connectivity index (χ4v) is 2.92. The van der Waals surface area contributed by atoms with Gasteiger partial charge >= 0.3 is 0 Å². The largest absolute Gasteiger partial charge is 0.411 e. The first-order valence-electron chi connectivity index (χ1n) is 7.07. The van der Waals surface area contributed by atoms with Crippen molar-refractivity contribution in [3.8, 4) is 0 Å². The molecule has 4 nitrogen and oxygen atoms in total. The lowest BCUT2D eigenvalue weighted by molar-refractivity contribution is 0.315. The van der Waals surface area contributed by atoms with E-state index in [1.165, 1.54) is 5.56 Å². The first kappa shape index (κ1) is 12.9. The number of fused-ring (bicyclic) bond motifs is 1. The van der Waals surface area contributed by atoms with Crippen molar-refractivity contribution in [1.29, 1.82) is 0 Å². The minimum Gasteiger partial charge on any atom is -0.411 e. The Kier molecular flexibility index (Phi) is 3.54. The molecule has 0 bridgehead atoms. The van der Waals surface area contributed by atoms with Crippen LogP contribution in [0.2, 0.25) is 0 Å². The van der Waals surface area contributed by atoms with Gasteiger partial charge in [0.15, 0.2) is 0 Å². The van der Waals surface area contributed by atoms with Gasteiger partial charge in [0.25, 0.3) is 0 Å². The quantitative estimate of drug-likeness (QED) is 0.685. The third-order valence-corrected chi connectivity index (χ3v) is 3.87. The zero-order valence-electron chi connectivity index (χ0n) is 11.5. The Balaban J connectivity index is 1.96. The summed E-state index contributed by atoms with van der Waals surface area (Å²) in [6.45, 7) is 2.10. The molecule has 0 radical (unpaired) electrons. The van der Waals surface area contributed by atoms with Gasteiger partial charge in [-0.15, -0.1) is 0 Å². The summed E-state index contributed by atoms with van der Waals surface area (Å²) in [5.74, 6) is 1.14. The highest BCUT2D eigenvalue weighted by molar-refractivity contribution is 6.03. The van der Waals surface area contributed by atoms with Gasteiger partial charge in [-0.3, -0.25) is 0 Å². The summed E-state index contributed by atoms with van der Waals surface area (Å²) in [6, 6.07) is 10.3. The molecule has 1 N–H and O–H groups in total. The van der Waals surface area contributed by atoms with Crippen LogP contribution in [0.15, 0.2) is 40.0 Å². The van der Waals surface area contributed by atoms with Crippen molar-refractivity contribution >= 4 is 5.71 Å². The highest BCUT2D eigenvalue weighted by Gasteiger charge is 2.31. The summed E-state index contributed by atoms with van der Waals surface area (Å²) in [5, 5.41) is 17.0. The molecule has 3 rings (SSSR count). The van der Waals surface area contributed by atoms with E-state index in [-0.39, 0.29) is 5.92 Å². The highest BCUT2D eigenvalue weighted by Crippen LogP contribution is 2.34. The van der Waals surface area contributed by atoms with Crippen LogP contribution in [0, 0.1) is 0 Å². The molecule has 0 aliphatic heterocycles. The molecule has 1 aliphatic rings. The van der Waals surface area contributed by atoms with Crippen LogP contribution in [0.1, 0.15) is 48.3 Å². The average molecular weight is 270 g/mol. The molecule has 0 saturated heterocycles. The van der Waals surface area contributed by atoms with Gasteiger partial charge in [-0.25, -0.2) is 0 Å². The van der Waals surface area contributed by atoms with Gasteiger partial charge in [-0.1, -0.05) is 54.0 Å². The molecule has 0 saturated carbocycles. The van der Waals surface area contributed by atoms with Gasteiger partial charge in [-0.2, -0.15) is 0 Å². The number of rotatable bonds is 3. The number of oxime groups is 1. The smallest absolute Gasteiger partial charge is 0.146 e. The van der Waals surface area contributed by atoms with Gasteiger partial charge in [0.1, 0.15) is 5.76 Å². The SMILES string of the molecule is CCCc1noc2c1/C(=N\O)C[C@@H](c1ccccc1)C2. The molecule has 4 heteroatoms.